The topological polar surface area (TPSA) is 90.9 Å². The van der Waals surface area contributed by atoms with Crippen LogP contribution < -0.4 is 15.8 Å². The van der Waals surface area contributed by atoms with E-state index < -0.39 is 0 Å². The van der Waals surface area contributed by atoms with E-state index in [1.54, 1.807) is 13.2 Å². The first kappa shape index (κ1) is 13.1. The number of nitrogen functional groups attached to an aromatic ring is 1. The first-order valence-corrected chi connectivity index (χ1v) is 5.92. The van der Waals surface area contributed by atoms with Gasteiger partial charge in [0.15, 0.2) is 0 Å². The Labute approximate surface area is 111 Å². The summed E-state index contributed by atoms with van der Waals surface area (Å²) in [7, 11) is 3.47. The molecule has 3 N–H and O–H groups in total. The highest BCUT2D eigenvalue weighted by molar-refractivity contribution is 5.44. The summed E-state index contributed by atoms with van der Waals surface area (Å²) in [6.45, 7) is 4.65. The van der Waals surface area contributed by atoms with E-state index in [1.807, 2.05) is 25.6 Å². The monoisotopic (exact) mass is 262 g/mol. The molecule has 0 aliphatic carbocycles. The van der Waals surface area contributed by atoms with E-state index in [2.05, 4.69) is 20.4 Å². The van der Waals surface area contributed by atoms with Gasteiger partial charge in [-0.05, 0) is 13.8 Å². The first-order chi connectivity index (χ1) is 9.01. The molecule has 2 rings (SSSR count). The third kappa shape index (κ3) is 2.75. The summed E-state index contributed by atoms with van der Waals surface area (Å²) in [4.78, 5) is 8.05. The highest BCUT2D eigenvalue weighted by Crippen LogP contribution is 2.17. The number of nitrogens with two attached hydrogens (primary N) is 1. The van der Waals surface area contributed by atoms with Crippen LogP contribution in [0.4, 0.5) is 11.8 Å². The zero-order chi connectivity index (χ0) is 14.0. The van der Waals surface area contributed by atoms with Gasteiger partial charge in [-0.2, -0.15) is 15.1 Å². The quantitative estimate of drug-likeness (QED) is 0.855. The third-order valence-corrected chi connectivity index (χ3v) is 3.03. The number of aryl methyl sites for hydroxylation is 2. The number of aromatic nitrogens is 4. The molecule has 0 radical (unpaired) electrons. The molecule has 7 nitrogen and oxygen atoms in total. The minimum atomic E-state index is 0.182. The Kier molecular flexibility index (Phi) is 3.55. The predicted molar refractivity (Wildman–Crippen MR) is 73.0 cm³/mol. The lowest BCUT2D eigenvalue weighted by molar-refractivity contribution is 0.398. The van der Waals surface area contributed by atoms with Crippen molar-refractivity contribution in [2.75, 3.05) is 18.2 Å². The Hall–Kier alpha value is -2.31. The number of nitrogens with one attached hydrogen (secondary N) is 1. The van der Waals surface area contributed by atoms with Crippen LogP contribution in [0.25, 0.3) is 0 Å². The van der Waals surface area contributed by atoms with Crippen LogP contribution in [0.5, 0.6) is 5.88 Å². The Morgan fingerprint density at radius 2 is 2.11 bits per heavy atom. The van der Waals surface area contributed by atoms with Crippen LogP contribution in [-0.4, -0.2) is 26.9 Å². The largest absolute Gasteiger partial charge is 0.481 e. The number of nitrogens with zero attached hydrogens (tertiary/aromatic N) is 4. The number of hydrogen-bond acceptors (Lipinski definition) is 6. The molecule has 0 unspecified atom stereocenters. The fraction of sp³-hybridized carbons (Fsp3) is 0.417. The number of rotatable bonds is 4. The van der Waals surface area contributed by atoms with E-state index in [0.717, 1.165) is 17.0 Å². The molecule has 0 spiro atoms. The van der Waals surface area contributed by atoms with Gasteiger partial charge in [-0.1, -0.05) is 0 Å². The number of hydrogen-bond donors (Lipinski definition) is 2. The molecule has 0 atom stereocenters. The van der Waals surface area contributed by atoms with Crippen molar-refractivity contribution in [3.05, 3.63) is 23.0 Å². The van der Waals surface area contributed by atoms with Crippen LogP contribution in [0.1, 0.15) is 17.0 Å². The molecular formula is C12H18N6O. The smallest absolute Gasteiger partial charge is 0.225 e. The predicted octanol–water partition coefficient (Wildman–Crippen LogP) is 1.03. The molecule has 19 heavy (non-hydrogen) atoms. The number of anilines is 2. The minimum absolute atomic E-state index is 0.182. The molecule has 0 bridgehead atoms. The molecule has 0 fully saturated rings. The minimum Gasteiger partial charge on any atom is -0.481 e. The van der Waals surface area contributed by atoms with Crippen LogP contribution in [0, 0.1) is 13.8 Å². The van der Waals surface area contributed by atoms with Crippen molar-refractivity contribution >= 4 is 11.8 Å². The summed E-state index contributed by atoms with van der Waals surface area (Å²) in [5.41, 5.74) is 8.89. The van der Waals surface area contributed by atoms with Gasteiger partial charge in [0, 0.05) is 30.9 Å². The fourth-order valence-electron chi connectivity index (χ4n) is 1.89. The highest BCUT2D eigenvalue weighted by Gasteiger charge is 2.09. The molecule has 2 aromatic rings. The van der Waals surface area contributed by atoms with Gasteiger partial charge >= 0.3 is 0 Å². The molecule has 0 aliphatic heterocycles. The zero-order valence-electron chi connectivity index (χ0n) is 11.6. The maximum atomic E-state index is 5.61. The van der Waals surface area contributed by atoms with Crippen molar-refractivity contribution in [3.63, 3.8) is 0 Å². The maximum Gasteiger partial charge on any atom is 0.225 e. The van der Waals surface area contributed by atoms with Crippen molar-refractivity contribution in [2.24, 2.45) is 7.05 Å². The van der Waals surface area contributed by atoms with E-state index in [4.69, 9.17) is 10.5 Å². The van der Waals surface area contributed by atoms with Gasteiger partial charge < -0.3 is 15.8 Å². The second-order valence-electron chi connectivity index (χ2n) is 4.28. The second-order valence-corrected chi connectivity index (χ2v) is 4.28. The third-order valence-electron chi connectivity index (χ3n) is 3.03. The molecule has 0 aromatic carbocycles. The van der Waals surface area contributed by atoms with Crippen LogP contribution in [0.2, 0.25) is 0 Å². The average molecular weight is 262 g/mol. The molecule has 2 aromatic heterocycles. The van der Waals surface area contributed by atoms with Crippen molar-refractivity contribution in [2.45, 2.75) is 20.4 Å². The van der Waals surface area contributed by atoms with Crippen LogP contribution >= 0.6 is 0 Å². The normalized spacial score (nSPS) is 10.5. The molecule has 0 saturated heterocycles. The summed E-state index contributed by atoms with van der Waals surface area (Å²) in [6.07, 6.45) is 0. The number of ether oxygens (including phenoxy) is 1. The lowest BCUT2D eigenvalue weighted by Crippen LogP contribution is -2.06. The SMILES string of the molecule is COc1cc(NCc2c(C)nn(C)c2C)nc(N)n1. The molecule has 0 amide bonds. The van der Waals surface area contributed by atoms with Crippen molar-refractivity contribution in [1.82, 2.24) is 19.7 Å². The lowest BCUT2D eigenvalue weighted by Gasteiger charge is -2.08. The standard InChI is InChI=1S/C12H18N6O/c1-7-9(8(2)18(3)17-7)6-14-10-5-11(19-4)16-12(13)15-10/h5H,6H2,1-4H3,(H3,13,14,15,16). The van der Waals surface area contributed by atoms with E-state index in [9.17, 15) is 0 Å². The Balaban J connectivity index is 2.16. The van der Waals surface area contributed by atoms with Gasteiger partial charge in [0.1, 0.15) is 5.82 Å². The zero-order valence-corrected chi connectivity index (χ0v) is 11.6. The van der Waals surface area contributed by atoms with Crippen molar-refractivity contribution in [1.29, 1.82) is 0 Å². The molecule has 2 heterocycles. The van der Waals surface area contributed by atoms with Crippen molar-refractivity contribution in [3.8, 4) is 5.88 Å². The molecule has 7 heteroatoms. The molecule has 0 aliphatic rings. The van der Waals surface area contributed by atoms with E-state index in [0.29, 0.717) is 18.2 Å². The maximum absolute atomic E-state index is 5.61. The van der Waals surface area contributed by atoms with Crippen LogP contribution in [0.3, 0.4) is 0 Å². The summed E-state index contributed by atoms with van der Waals surface area (Å²) in [5, 5.41) is 7.58. The van der Waals surface area contributed by atoms with Gasteiger partial charge in [-0.15, -0.1) is 0 Å². The van der Waals surface area contributed by atoms with E-state index in [-0.39, 0.29) is 5.95 Å². The summed E-state index contributed by atoms with van der Waals surface area (Å²) in [6, 6.07) is 1.71. The lowest BCUT2D eigenvalue weighted by atomic mass is 10.2. The fourth-order valence-corrected chi connectivity index (χ4v) is 1.89. The summed E-state index contributed by atoms with van der Waals surface area (Å²) < 4.78 is 6.91. The van der Waals surface area contributed by atoms with Crippen LogP contribution in [0.15, 0.2) is 6.07 Å². The molecular weight excluding hydrogens is 244 g/mol. The summed E-state index contributed by atoms with van der Waals surface area (Å²) >= 11 is 0. The highest BCUT2D eigenvalue weighted by atomic mass is 16.5. The van der Waals surface area contributed by atoms with Gasteiger partial charge in [0.25, 0.3) is 0 Å². The van der Waals surface area contributed by atoms with E-state index >= 15 is 0 Å². The van der Waals surface area contributed by atoms with Crippen molar-refractivity contribution < 1.29 is 4.74 Å². The Bertz CT molecular complexity index is 592. The van der Waals surface area contributed by atoms with Gasteiger partial charge in [0.2, 0.25) is 11.8 Å². The average Bonchev–Trinajstić information content (AvgIpc) is 2.60. The number of methoxy groups -OCH3 is 1. The van der Waals surface area contributed by atoms with Gasteiger partial charge in [0.05, 0.1) is 12.8 Å². The Morgan fingerprint density at radius 1 is 1.37 bits per heavy atom. The van der Waals surface area contributed by atoms with Crippen LogP contribution in [-0.2, 0) is 13.6 Å². The summed E-state index contributed by atoms with van der Waals surface area (Å²) in [5.74, 6) is 1.25. The molecule has 0 saturated carbocycles. The Morgan fingerprint density at radius 3 is 2.68 bits per heavy atom. The van der Waals surface area contributed by atoms with E-state index in [1.165, 1.54) is 0 Å². The second kappa shape index (κ2) is 5.13. The van der Waals surface area contributed by atoms with Gasteiger partial charge in [-0.3, -0.25) is 4.68 Å². The molecule has 102 valence electrons. The van der Waals surface area contributed by atoms with Gasteiger partial charge in [-0.25, -0.2) is 0 Å². The first-order valence-electron chi connectivity index (χ1n) is 5.92.